The highest BCUT2D eigenvalue weighted by Crippen LogP contribution is 2.23. The van der Waals surface area contributed by atoms with Gasteiger partial charge in [0.15, 0.2) is 0 Å². The molecule has 0 radical (unpaired) electrons. The molecule has 18 heavy (non-hydrogen) atoms. The smallest absolute Gasteiger partial charge is 0.123 e. The predicted molar refractivity (Wildman–Crippen MR) is 73.0 cm³/mol. The standard InChI is InChI=1S/C13H22N2O3/c1-10(2)18-13-8-11(14)7-12(9-13)15-3-5-17-6-4-16/h7-10,15-16H,3-6,14H2,1-2H3. The van der Waals surface area contributed by atoms with E-state index in [1.54, 1.807) is 6.07 Å². The lowest BCUT2D eigenvalue weighted by atomic mass is 10.2. The Balaban J connectivity index is 2.46. The third kappa shape index (κ3) is 5.75. The van der Waals surface area contributed by atoms with Crippen molar-refractivity contribution in [3.63, 3.8) is 0 Å². The maximum absolute atomic E-state index is 8.56. The molecule has 0 aliphatic heterocycles. The van der Waals surface area contributed by atoms with E-state index in [1.807, 2.05) is 26.0 Å². The van der Waals surface area contributed by atoms with Gasteiger partial charge in [-0.3, -0.25) is 0 Å². The maximum Gasteiger partial charge on any atom is 0.123 e. The van der Waals surface area contributed by atoms with Gasteiger partial charge in [-0.25, -0.2) is 0 Å². The zero-order valence-electron chi connectivity index (χ0n) is 11.0. The van der Waals surface area contributed by atoms with E-state index in [4.69, 9.17) is 20.3 Å². The molecule has 0 spiro atoms. The minimum atomic E-state index is 0.0463. The van der Waals surface area contributed by atoms with Crippen LogP contribution in [0.25, 0.3) is 0 Å². The van der Waals surface area contributed by atoms with Gasteiger partial charge < -0.3 is 25.6 Å². The van der Waals surface area contributed by atoms with Crippen molar-refractivity contribution in [1.29, 1.82) is 0 Å². The number of nitrogens with two attached hydrogens (primary N) is 1. The van der Waals surface area contributed by atoms with Crippen molar-refractivity contribution >= 4 is 11.4 Å². The number of benzene rings is 1. The largest absolute Gasteiger partial charge is 0.491 e. The summed E-state index contributed by atoms with van der Waals surface area (Å²) in [6, 6.07) is 5.55. The fourth-order valence-corrected chi connectivity index (χ4v) is 1.50. The molecule has 0 saturated heterocycles. The second-order valence-corrected chi connectivity index (χ2v) is 4.22. The van der Waals surface area contributed by atoms with Crippen LogP contribution in [0, 0.1) is 0 Å². The Labute approximate surface area is 108 Å². The number of rotatable bonds is 8. The van der Waals surface area contributed by atoms with Crippen molar-refractivity contribution in [2.75, 3.05) is 37.4 Å². The number of nitrogens with one attached hydrogen (secondary N) is 1. The zero-order chi connectivity index (χ0) is 13.4. The molecular weight excluding hydrogens is 232 g/mol. The van der Waals surface area contributed by atoms with Crippen LogP contribution in [0.2, 0.25) is 0 Å². The summed E-state index contributed by atoms with van der Waals surface area (Å²) >= 11 is 0. The number of aliphatic hydroxyl groups excluding tert-OH is 1. The summed E-state index contributed by atoms with van der Waals surface area (Å²) in [5.74, 6) is 0.753. The van der Waals surface area contributed by atoms with Crippen molar-refractivity contribution < 1.29 is 14.6 Å². The molecule has 1 rings (SSSR count). The van der Waals surface area contributed by atoms with E-state index in [-0.39, 0.29) is 12.7 Å². The fourth-order valence-electron chi connectivity index (χ4n) is 1.50. The SMILES string of the molecule is CC(C)Oc1cc(N)cc(NCCOCCO)c1. The first-order valence-corrected chi connectivity index (χ1v) is 6.11. The Morgan fingerprint density at radius 2 is 2.06 bits per heavy atom. The van der Waals surface area contributed by atoms with Crippen LogP contribution in [0.1, 0.15) is 13.8 Å². The molecule has 0 unspecified atom stereocenters. The van der Waals surface area contributed by atoms with E-state index >= 15 is 0 Å². The monoisotopic (exact) mass is 254 g/mol. The van der Waals surface area contributed by atoms with Crippen molar-refractivity contribution in [2.24, 2.45) is 0 Å². The number of ether oxygens (including phenoxy) is 2. The number of nitrogen functional groups attached to an aromatic ring is 1. The molecule has 0 aromatic heterocycles. The van der Waals surface area contributed by atoms with Crippen LogP contribution in [0.3, 0.4) is 0 Å². The summed E-state index contributed by atoms with van der Waals surface area (Å²) in [5.41, 5.74) is 7.36. The van der Waals surface area contributed by atoms with Crippen molar-refractivity contribution in [2.45, 2.75) is 20.0 Å². The average Bonchev–Trinajstić information content (AvgIpc) is 2.27. The van der Waals surface area contributed by atoms with E-state index in [0.29, 0.717) is 25.4 Å². The molecule has 0 amide bonds. The molecule has 102 valence electrons. The Hall–Kier alpha value is -1.46. The highest BCUT2D eigenvalue weighted by molar-refractivity contribution is 5.59. The topological polar surface area (TPSA) is 76.7 Å². The first-order chi connectivity index (χ1) is 8.61. The van der Waals surface area contributed by atoms with Gasteiger partial charge in [-0.05, 0) is 19.9 Å². The van der Waals surface area contributed by atoms with Gasteiger partial charge in [0.05, 0.1) is 25.9 Å². The van der Waals surface area contributed by atoms with Crippen LogP contribution < -0.4 is 15.8 Å². The highest BCUT2D eigenvalue weighted by atomic mass is 16.5. The lowest BCUT2D eigenvalue weighted by Crippen LogP contribution is -2.12. The molecule has 0 aliphatic rings. The van der Waals surface area contributed by atoms with E-state index in [2.05, 4.69) is 5.32 Å². The van der Waals surface area contributed by atoms with E-state index in [1.165, 1.54) is 0 Å². The van der Waals surface area contributed by atoms with Crippen LogP contribution in [-0.2, 0) is 4.74 Å². The Kier molecular flexibility index (Phi) is 6.32. The Morgan fingerprint density at radius 3 is 2.72 bits per heavy atom. The zero-order valence-corrected chi connectivity index (χ0v) is 11.0. The number of hydrogen-bond donors (Lipinski definition) is 3. The molecule has 0 bridgehead atoms. The summed E-state index contributed by atoms with van der Waals surface area (Å²) < 4.78 is 10.8. The molecule has 1 aromatic rings. The van der Waals surface area contributed by atoms with Gasteiger partial charge in [-0.1, -0.05) is 0 Å². The third-order valence-corrected chi connectivity index (χ3v) is 2.11. The summed E-state index contributed by atoms with van der Waals surface area (Å²) in [6.45, 7) is 5.54. The van der Waals surface area contributed by atoms with Gasteiger partial charge >= 0.3 is 0 Å². The van der Waals surface area contributed by atoms with E-state index in [0.717, 1.165) is 11.4 Å². The van der Waals surface area contributed by atoms with Crippen LogP contribution in [0.4, 0.5) is 11.4 Å². The normalized spacial score (nSPS) is 10.7. The highest BCUT2D eigenvalue weighted by Gasteiger charge is 2.02. The minimum absolute atomic E-state index is 0.0463. The summed E-state index contributed by atoms with van der Waals surface area (Å²) in [4.78, 5) is 0. The number of aliphatic hydroxyl groups is 1. The van der Waals surface area contributed by atoms with E-state index < -0.39 is 0 Å². The Morgan fingerprint density at radius 1 is 1.28 bits per heavy atom. The molecule has 5 nitrogen and oxygen atoms in total. The Bertz CT molecular complexity index is 356. The molecule has 0 heterocycles. The second-order valence-electron chi connectivity index (χ2n) is 4.22. The summed E-state index contributed by atoms with van der Waals surface area (Å²) in [6.07, 6.45) is 0.118. The lowest BCUT2D eigenvalue weighted by Gasteiger charge is -2.13. The summed E-state index contributed by atoms with van der Waals surface area (Å²) in [7, 11) is 0. The van der Waals surface area contributed by atoms with Gasteiger partial charge in [0, 0.05) is 30.1 Å². The molecule has 0 atom stereocenters. The quantitative estimate of drug-likeness (QED) is 0.484. The van der Waals surface area contributed by atoms with Crippen molar-refractivity contribution in [3.05, 3.63) is 18.2 Å². The van der Waals surface area contributed by atoms with Gasteiger partial charge in [0.1, 0.15) is 5.75 Å². The van der Waals surface area contributed by atoms with Crippen LogP contribution in [0.15, 0.2) is 18.2 Å². The van der Waals surface area contributed by atoms with Gasteiger partial charge in [-0.15, -0.1) is 0 Å². The number of hydrogen-bond acceptors (Lipinski definition) is 5. The maximum atomic E-state index is 8.56. The predicted octanol–water partition coefficient (Wildman–Crippen LogP) is 1.48. The van der Waals surface area contributed by atoms with Crippen LogP contribution in [-0.4, -0.2) is 37.6 Å². The first-order valence-electron chi connectivity index (χ1n) is 6.11. The van der Waals surface area contributed by atoms with Gasteiger partial charge in [0.25, 0.3) is 0 Å². The van der Waals surface area contributed by atoms with E-state index in [9.17, 15) is 0 Å². The third-order valence-electron chi connectivity index (χ3n) is 2.11. The van der Waals surface area contributed by atoms with Gasteiger partial charge in [-0.2, -0.15) is 0 Å². The van der Waals surface area contributed by atoms with Crippen molar-refractivity contribution in [1.82, 2.24) is 0 Å². The lowest BCUT2D eigenvalue weighted by molar-refractivity contribution is 0.0992. The molecule has 1 aromatic carbocycles. The molecule has 0 aliphatic carbocycles. The molecule has 0 fully saturated rings. The fraction of sp³-hybridized carbons (Fsp3) is 0.538. The average molecular weight is 254 g/mol. The molecule has 4 N–H and O–H groups in total. The first kappa shape index (κ1) is 14.6. The summed E-state index contributed by atoms with van der Waals surface area (Å²) in [5, 5.41) is 11.8. The number of anilines is 2. The van der Waals surface area contributed by atoms with Crippen LogP contribution in [0.5, 0.6) is 5.75 Å². The van der Waals surface area contributed by atoms with Crippen molar-refractivity contribution in [3.8, 4) is 5.75 Å². The molecule has 0 saturated carbocycles. The van der Waals surface area contributed by atoms with Crippen LogP contribution >= 0.6 is 0 Å². The molecule has 5 heteroatoms. The minimum Gasteiger partial charge on any atom is -0.491 e. The second kappa shape index (κ2) is 7.79. The van der Waals surface area contributed by atoms with Gasteiger partial charge in [0.2, 0.25) is 0 Å². The molecular formula is C13H22N2O3.